The van der Waals surface area contributed by atoms with Crippen LogP contribution in [0.4, 0.5) is 0 Å². The van der Waals surface area contributed by atoms with E-state index >= 15 is 0 Å². The van der Waals surface area contributed by atoms with Crippen LogP contribution in [0.5, 0.6) is 5.75 Å². The molecule has 0 saturated heterocycles. The van der Waals surface area contributed by atoms with Gasteiger partial charge in [0.15, 0.2) is 11.0 Å². The minimum absolute atomic E-state index is 0.138. The molecule has 0 fully saturated rings. The molecule has 0 amide bonds. The summed E-state index contributed by atoms with van der Waals surface area (Å²) in [7, 11) is 1.64. The Bertz CT molecular complexity index is 1190. The number of nitrogens with zero attached hydrogens (tertiary/aromatic N) is 3. The fourth-order valence-corrected chi connectivity index (χ4v) is 3.97. The van der Waals surface area contributed by atoms with Crippen molar-refractivity contribution in [3.8, 4) is 22.8 Å². The summed E-state index contributed by atoms with van der Waals surface area (Å²) in [5.74, 6) is 1.30. The third-order valence-electron chi connectivity index (χ3n) is 4.90. The van der Waals surface area contributed by atoms with E-state index in [1.165, 1.54) is 11.8 Å². The average molecular weight is 446 g/mol. The van der Waals surface area contributed by atoms with Crippen molar-refractivity contribution in [3.63, 3.8) is 0 Å². The van der Waals surface area contributed by atoms with E-state index in [0.29, 0.717) is 11.0 Å². The van der Waals surface area contributed by atoms with E-state index in [1.807, 2.05) is 90.4 Å². The highest BCUT2D eigenvalue weighted by molar-refractivity contribution is 7.99. The Kier molecular flexibility index (Phi) is 6.87. The van der Waals surface area contributed by atoms with Gasteiger partial charge in [-0.3, -0.25) is 9.36 Å². The molecule has 0 bridgehead atoms. The van der Waals surface area contributed by atoms with Crippen molar-refractivity contribution in [2.75, 3.05) is 12.9 Å². The molecule has 6 nitrogen and oxygen atoms in total. The summed E-state index contributed by atoms with van der Waals surface area (Å²) in [5.41, 5.74) is 3.90. The summed E-state index contributed by atoms with van der Waals surface area (Å²) in [5, 5.41) is 9.44. The monoisotopic (exact) mass is 445 g/mol. The number of thioether (sulfide) groups is 1. The Morgan fingerprint density at radius 2 is 1.66 bits per heavy atom. The van der Waals surface area contributed by atoms with Crippen LogP contribution in [0.25, 0.3) is 17.1 Å². The smallest absolute Gasteiger partial charge is 0.316 e. The van der Waals surface area contributed by atoms with E-state index < -0.39 is 0 Å². The lowest BCUT2D eigenvalue weighted by Crippen LogP contribution is -2.09. The average Bonchev–Trinajstić information content (AvgIpc) is 3.26. The van der Waals surface area contributed by atoms with Gasteiger partial charge in [0.05, 0.1) is 18.6 Å². The molecule has 32 heavy (non-hydrogen) atoms. The molecule has 0 atom stereocenters. The number of hydrogen-bond acceptors (Lipinski definition) is 6. The summed E-state index contributed by atoms with van der Waals surface area (Å²) in [6.07, 6.45) is 0. The van der Waals surface area contributed by atoms with E-state index in [4.69, 9.17) is 9.47 Å². The van der Waals surface area contributed by atoms with Crippen molar-refractivity contribution in [1.29, 1.82) is 0 Å². The summed E-state index contributed by atoms with van der Waals surface area (Å²) < 4.78 is 12.6. The summed E-state index contributed by atoms with van der Waals surface area (Å²) >= 11 is 1.31. The first-order valence-corrected chi connectivity index (χ1v) is 11.1. The molecule has 0 aliphatic heterocycles. The summed E-state index contributed by atoms with van der Waals surface area (Å²) in [4.78, 5) is 12.3. The molecule has 7 heteroatoms. The van der Waals surface area contributed by atoms with Gasteiger partial charge < -0.3 is 9.47 Å². The number of hydrogen-bond donors (Lipinski definition) is 0. The minimum Gasteiger partial charge on any atom is -0.497 e. The highest BCUT2D eigenvalue weighted by atomic mass is 32.2. The fraction of sp³-hybridized carbons (Fsp3) is 0.160. The largest absolute Gasteiger partial charge is 0.497 e. The standard InChI is InChI=1S/C25H23N3O3S/c1-18-8-6-7-11-22(18)28-24(20-12-14-21(30-2)15-13-20)26-27-25(28)32-17-23(29)31-16-19-9-4-3-5-10-19/h3-15H,16-17H2,1-2H3. The molecular formula is C25H23N3O3S. The topological polar surface area (TPSA) is 66.2 Å². The molecule has 0 N–H and O–H groups in total. The lowest BCUT2D eigenvalue weighted by Gasteiger charge is -2.13. The second-order valence-electron chi connectivity index (χ2n) is 7.09. The molecular weight excluding hydrogens is 422 g/mol. The second-order valence-corrected chi connectivity index (χ2v) is 8.03. The van der Waals surface area contributed by atoms with E-state index in [1.54, 1.807) is 7.11 Å². The zero-order valence-electron chi connectivity index (χ0n) is 17.9. The Hall–Kier alpha value is -3.58. The van der Waals surface area contributed by atoms with Gasteiger partial charge in [-0.2, -0.15) is 0 Å². The lowest BCUT2D eigenvalue weighted by atomic mass is 10.1. The molecule has 0 aliphatic carbocycles. The number of methoxy groups -OCH3 is 1. The number of carbonyl (C=O) groups is 1. The number of aryl methyl sites for hydroxylation is 1. The van der Waals surface area contributed by atoms with Crippen LogP contribution < -0.4 is 4.74 Å². The van der Waals surface area contributed by atoms with Gasteiger partial charge in [-0.25, -0.2) is 0 Å². The lowest BCUT2D eigenvalue weighted by molar-refractivity contribution is -0.141. The maximum absolute atomic E-state index is 12.3. The molecule has 1 heterocycles. The number of esters is 1. The Balaban J connectivity index is 1.57. The van der Waals surface area contributed by atoms with E-state index in [2.05, 4.69) is 10.2 Å². The summed E-state index contributed by atoms with van der Waals surface area (Å²) in [6, 6.07) is 25.3. The van der Waals surface area contributed by atoms with Gasteiger partial charge in [0.2, 0.25) is 0 Å². The Morgan fingerprint density at radius 3 is 2.38 bits per heavy atom. The molecule has 0 saturated carbocycles. The van der Waals surface area contributed by atoms with Crippen molar-refractivity contribution in [2.45, 2.75) is 18.7 Å². The second kappa shape index (κ2) is 10.2. The maximum atomic E-state index is 12.3. The number of ether oxygens (including phenoxy) is 2. The third kappa shape index (κ3) is 5.00. The van der Waals surface area contributed by atoms with Crippen molar-refractivity contribution in [1.82, 2.24) is 14.8 Å². The van der Waals surface area contributed by atoms with E-state index in [-0.39, 0.29) is 18.3 Å². The van der Waals surface area contributed by atoms with Crippen LogP contribution in [0.1, 0.15) is 11.1 Å². The van der Waals surface area contributed by atoms with Crippen LogP contribution in [0.2, 0.25) is 0 Å². The normalized spacial score (nSPS) is 10.7. The minimum atomic E-state index is -0.302. The quantitative estimate of drug-likeness (QED) is 0.278. The predicted molar refractivity (Wildman–Crippen MR) is 125 cm³/mol. The van der Waals surface area contributed by atoms with Crippen LogP contribution in [0.15, 0.2) is 84.0 Å². The zero-order chi connectivity index (χ0) is 22.3. The molecule has 1 aromatic heterocycles. The van der Waals surface area contributed by atoms with E-state index in [0.717, 1.165) is 28.1 Å². The molecule has 0 spiro atoms. The first kappa shape index (κ1) is 21.6. The predicted octanol–water partition coefficient (Wildman–Crippen LogP) is 5.09. The van der Waals surface area contributed by atoms with Gasteiger partial charge in [0.1, 0.15) is 12.4 Å². The van der Waals surface area contributed by atoms with E-state index in [9.17, 15) is 4.79 Å². The number of para-hydroxylation sites is 1. The zero-order valence-corrected chi connectivity index (χ0v) is 18.7. The highest BCUT2D eigenvalue weighted by Crippen LogP contribution is 2.30. The third-order valence-corrected chi connectivity index (χ3v) is 5.80. The Morgan fingerprint density at radius 1 is 0.938 bits per heavy atom. The summed E-state index contributed by atoms with van der Waals surface area (Å²) in [6.45, 7) is 2.29. The van der Waals surface area contributed by atoms with Gasteiger partial charge >= 0.3 is 5.97 Å². The van der Waals surface area contributed by atoms with Crippen molar-refractivity contribution in [3.05, 3.63) is 90.0 Å². The van der Waals surface area contributed by atoms with Gasteiger partial charge in [0, 0.05) is 5.56 Å². The van der Waals surface area contributed by atoms with Crippen LogP contribution in [-0.4, -0.2) is 33.6 Å². The fourth-order valence-electron chi connectivity index (χ4n) is 3.23. The van der Waals surface area contributed by atoms with Crippen LogP contribution in [-0.2, 0) is 16.1 Å². The SMILES string of the molecule is COc1ccc(-c2nnc(SCC(=O)OCc3ccccc3)n2-c2ccccc2C)cc1. The molecule has 3 aromatic carbocycles. The van der Waals surface area contributed by atoms with Crippen molar-refractivity contribution < 1.29 is 14.3 Å². The molecule has 0 aliphatic rings. The maximum Gasteiger partial charge on any atom is 0.316 e. The number of rotatable bonds is 8. The van der Waals surface area contributed by atoms with Gasteiger partial charge in [-0.15, -0.1) is 10.2 Å². The molecule has 0 unspecified atom stereocenters. The first-order chi connectivity index (χ1) is 15.7. The number of carbonyl (C=O) groups excluding carboxylic acids is 1. The van der Waals surface area contributed by atoms with Crippen LogP contribution in [0, 0.1) is 6.92 Å². The number of benzene rings is 3. The van der Waals surface area contributed by atoms with Crippen LogP contribution >= 0.6 is 11.8 Å². The van der Waals surface area contributed by atoms with Crippen molar-refractivity contribution in [2.24, 2.45) is 0 Å². The van der Waals surface area contributed by atoms with Crippen molar-refractivity contribution >= 4 is 17.7 Å². The van der Waals surface area contributed by atoms with Crippen LogP contribution in [0.3, 0.4) is 0 Å². The van der Waals surface area contributed by atoms with Gasteiger partial charge in [0.25, 0.3) is 0 Å². The van der Waals surface area contributed by atoms with Gasteiger partial charge in [-0.1, -0.05) is 60.3 Å². The molecule has 0 radical (unpaired) electrons. The first-order valence-electron chi connectivity index (χ1n) is 10.1. The molecule has 4 rings (SSSR count). The Labute approximate surface area is 191 Å². The van der Waals surface area contributed by atoms with Gasteiger partial charge in [-0.05, 0) is 48.4 Å². The molecule has 162 valence electrons. The molecule has 4 aromatic rings. The number of aromatic nitrogens is 3. The highest BCUT2D eigenvalue weighted by Gasteiger charge is 2.19.